The van der Waals surface area contributed by atoms with Gasteiger partial charge in [-0.05, 0) is 36.6 Å². The minimum Gasteiger partial charge on any atom is -0.323 e. The molecule has 4 heterocycles. The Balaban J connectivity index is 1.75. The largest absolute Gasteiger partial charge is 0.323 e. The van der Waals surface area contributed by atoms with Crippen LogP contribution in [0.2, 0.25) is 5.02 Å². The number of pyridine rings is 2. The van der Waals surface area contributed by atoms with Crippen LogP contribution in [0, 0.1) is 6.92 Å². The lowest BCUT2D eigenvalue weighted by Crippen LogP contribution is -2.00. The number of aromatic nitrogens is 6. The third kappa shape index (κ3) is 3.41. The molecule has 0 saturated heterocycles. The lowest BCUT2D eigenvalue weighted by Gasteiger charge is -2.10. The highest BCUT2D eigenvalue weighted by Crippen LogP contribution is 2.34. The molecule has 0 aliphatic carbocycles. The van der Waals surface area contributed by atoms with Crippen LogP contribution in [0.25, 0.3) is 22.2 Å². The summed E-state index contributed by atoms with van der Waals surface area (Å²) in [4.78, 5) is 9.18. The number of anilines is 2. The van der Waals surface area contributed by atoms with Gasteiger partial charge in [0, 0.05) is 30.6 Å². The maximum absolute atomic E-state index is 6.70. The zero-order valence-electron chi connectivity index (χ0n) is 16.1. The fourth-order valence-corrected chi connectivity index (χ4v) is 3.34. The average molecular weight is 394 g/mol. The zero-order chi connectivity index (χ0) is 19.8. The Morgan fingerprint density at radius 3 is 2.64 bits per heavy atom. The van der Waals surface area contributed by atoms with Gasteiger partial charge in [-0.15, -0.1) is 5.10 Å². The fraction of sp³-hybridized carbons (Fsp3) is 0.250. The van der Waals surface area contributed by atoms with Crippen molar-refractivity contribution in [1.29, 1.82) is 0 Å². The molecule has 0 aromatic carbocycles. The second-order valence-electron chi connectivity index (χ2n) is 7.01. The first-order chi connectivity index (χ1) is 13.4. The molecule has 0 aliphatic rings. The molecule has 0 bridgehead atoms. The number of aryl methyl sites for hydroxylation is 2. The van der Waals surface area contributed by atoms with E-state index in [1.54, 1.807) is 17.1 Å². The van der Waals surface area contributed by atoms with Crippen LogP contribution in [0.5, 0.6) is 0 Å². The van der Waals surface area contributed by atoms with E-state index >= 15 is 0 Å². The van der Waals surface area contributed by atoms with Gasteiger partial charge in [-0.25, -0.2) is 4.98 Å². The first kappa shape index (κ1) is 18.3. The predicted molar refractivity (Wildman–Crippen MR) is 111 cm³/mol. The van der Waals surface area contributed by atoms with Crippen LogP contribution in [0.15, 0.2) is 36.8 Å². The van der Waals surface area contributed by atoms with Gasteiger partial charge >= 0.3 is 0 Å². The van der Waals surface area contributed by atoms with E-state index in [4.69, 9.17) is 11.6 Å². The summed E-state index contributed by atoms with van der Waals surface area (Å²) in [6, 6.07) is 5.71. The minimum absolute atomic E-state index is 0.365. The van der Waals surface area contributed by atoms with E-state index in [1.807, 2.05) is 38.4 Å². The van der Waals surface area contributed by atoms with E-state index in [0.717, 1.165) is 27.9 Å². The third-order valence-corrected chi connectivity index (χ3v) is 4.94. The molecule has 0 radical (unpaired) electrons. The van der Waals surface area contributed by atoms with Gasteiger partial charge in [-0.3, -0.25) is 9.67 Å². The summed E-state index contributed by atoms with van der Waals surface area (Å²) in [5.41, 5.74) is 5.10. The van der Waals surface area contributed by atoms with Crippen molar-refractivity contribution < 1.29 is 0 Å². The van der Waals surface area contributed by atoms with Crippen molar-refractivity contribution in [2.24, 2.45) is 7.05 Å². The zero-order valence-corrected chi connectivity index (χ0v) is 16.9. The smallest absolute Gasteiger partial charge is 0.154 e. The molecule has 4 aromatic heterocycles. The predicted octanol–water partition coefficient (Wildman–Crippen LogP) is 4.65. The lowest BCUT2D eigenvalue weighted by atomic mass is 10.1. The van der Waals surface area contributed by atoms with Crippen molar-refractivity contribution >= 4 is 34.3 Å². The number of fused-ring (bicyclic) bond motifs is 1. The molecule has 4 aromatic rings. The number of hydrogen-bond acceptors (Lipinski definition) is 6. The van der Waals surface area contributed by atoms with Crippen LogP contribution in [-0.2, 0) is 7.05 Å². The SMILES string of the molecule is Cc1nn(C)cc1-c1cnc2ccc(Nc3cc(C(C)C)cnn3)nc2c1Cl. The van der Waals surface area contributed by atoms with Crippen LogP contribution < -0.4 is 5.32 Å². The summed E-state index contributed by atoms with van der Waals surface area (Å²) >= 11 is 6.70. The van der Waals surface area contributed by atoms with Crippen molar-refractivity contribution in [3.05, 3.63) is 53.1 Å². The minimum atomic E-state index is 0.365. The molecule has 0 unspecified atom stereocenters. The topological polar surface area (TPSA) is 81.4 Å². The van der Waals surface area contributed by atoms with Crippen molar-refractivity contribution in [3.8, 4) is 11.1 Å². The first-order valence-corrected chi connectivity index (χ1v) is 9.35. The first-order valence-electron chi connectivity index (χ1n) is 8.98. The molecule has 0 saturated carbocycles. The Kier molecular flexibility index (Phi) is 4.68. The molecule has 7 nitrogen and oxygen atoms in total. The van der Waals surface area contributed by atoms with Crippen LogP contribution in [0.4, 0.5) is 11.6 Å². The van der Waals surface area contributed by atoms with Gasteiger partial charge in [-0.2, -0.15) is 10.2 Å². The number of hydrogen-bond donors (Lipinski definition) is 1. The van der Waals surface area contributed by atoms with Crippen LogP contribution >= 0.6 is 11.6 Å². The molecular formula is C20H20ClN7. The Hall–Kier alpha value is -3.06. The summed E-state index contributed by atoms with van der Waals surface area (Å²) in [6.07, 6.45) is 5.47. The molecule has 8 heteroatoms. The quantitative estimate of drug-likeness (QED) is 0.543. The Morgan fingerprint density at radius 2 is 1.93 bits per heavy atom. The Bertz CT molecular complexity index is 1170. The molecule has 0 amide bonds. The summed E-state index contributed by atoms with van der Waals surface area (Å²) in [6.45, 7) is 6.17. The van der Waals surface area contributed by atoms with Crippen LogP contribution in [0.1, 0.15) is 31.0 Å². The molecule has 28 heavy (non-hydrogen) atoms. The van der Waals surface area contributed by atoms with Gasteiger partial charge < -0.3 is 5.32 Å². The van der Waals surface area contributed by atoms with Gasteiger partial charge in [0.1, 0.15) is 11.3 Å². The maximum atomic E-state index is 6.70. The van der Waals surface area contributed by atoms with E-state index in [9.17, 15) is 0 Å². The van der Waals surface area contributed by atoms with Gasteiger partial charge in [0.25, 0.3) is 0 Å². The van der Waals surface area contributed by atoms with Crippen molar-refractivity contribution in [1.82, 2.24) is 29.9 Å². The van der Waals surface area contributed by atoms with Gasteiger partial charge in [0.2, 0.25) is 0 Å². The highest BCUT2D eigenvalue weighted by molar-refractivity contribution is 6.37. The van der Waals surface area contributed by atoms with E-state index in [-0.39, 0.29) is 0 Å². The van der Waals surface area contributed by atoms with Gasteiger partial charge in [-0.1, -0.05) is 25.4 Å². The summed E-state index contributed by atoms with van der Waals surface area (Å²) in [5, 5.41) is 16.3. The molecule has 0 aliphatic heterocycles. The number of nitrogens with one attached hydrogen (secondary N) is 1. The summed E-state index contributed by atoms with van der Waals surface area (Å²) < 4.78 is 1.76. The molecule has 4 rings (SSSR count). The van der Waals surface area contributed by atoms with Gasteiger partial charge in [0.15, 0.2) is 5.82 Å². The van der Waals surface area contributed by atoms with E-state index < -0.39 is 0 Å². The maximum Gasteiger partial charge on any atom is 0.154 e. The highest BCUT2D eigenvalue weighted by Gasteiger charge is 2.15. The molecule has 142 valence electrons. The number of nitrogens with zero attached hydrogens (tertiary/aromatic N) is 6. The lowest BCUT2D eigenvalue weighted by molar-refractivity contribution is 0.756. The molecule has 1 N–H and O–H groups in total. The number of halogens is 1. The van der Waals surface area contributed by atoms with Gasteiger partial charge in [0.05, 0.1) is 22.4 Å². The van der Waals surface area contributed by atoms with Crippen molar-refractivity contribution in [2.75, 3.05) is 5.32 Å². The third-order valence-electron chi connectivity index (χ3n) is 4.55. The van der Waals surface area contributed by atoms with E-state index in [1.165, 1.54) is 0 Å². The summed E-state index contributed by atoms with van der Waals surface area (Å²) in [7, 11) is 1.88. The summed E-state index contributed by atoms with van der Waals surface area (Å²) in [5.74, 6) is 1.64. The average Bonchev–Trinajstić information content (AvgIpc) is 3.00. The highest BCUT2D eigenvalue weighted by atomic mass is 35.5. The van der Waals surface area contributed by atoms with E-state index in [2.05, 4.69) is 44.4 Å². The Labute approximate surface area is 167 Å². The van der Waals surface area contributed by atoms with Crippen molar-refractivity contribution in [3.63, 3.8) is 0 Å². The molecular weight excluding hydrogens is 374 g/mol. The monoisotopic (exact) mass is 393 g/mol. The number of rotatable bonds is 4. The normalized spacial score (nSPS) is 11.4. The van der Waals surface area contributed by atoms with E-state index in [0.29, 0.717) is 28.1 Å². The van der Waals surface area contributed by atoms with Crippen molar-refractivity contribution in [2.45, 2.75) is 26.7 Å². The standard InChI is InChI=1S/C20H20ClN7/c1-11(2)13-7-18(26-23-8-13)24-17-6-5-16-20(25-17)19(21)14(9-22-16)15-10-28(4)27-12(15)3/h5-11H,1-4H3,(H,24,25,26). The second kappa shape index (κ2) is 7.16. The fourth-order valence-electron chi connectivity index (χ4n) is 3.05. The Morgan fingerprint density at radius 1 is 1.11 bits per heavy atom. The molecule has 0 fully saturated rings. The van der Waals surface area contributed by atoms with Crippen LogP contribution in [0.3, 0.4) is 0 Å². The molecule has 0 spiro atoms. The van der Waals surface area contributed by atoms with Crippen LogP contribution in [-0.4, -0.2) is 29.9 Å². The second-order valence-corrected chi connectivity index (χ2v) is 7.38. The molecule has 0 atom stereocenters.